The van der Waals surface area contributed by atoms with Gasteiger partial charge < -0.3 is 14.8 Å². The molecule has 31 heavy (non-hydrogen) atoms. The molecule has 0 radical (unpaired) electrons. The predicted molar refractivity (Wildman–Crippen MR) is 120 cm³/mol. The number of nitrogens with one attached hydrogen (secondary N) is 1. The Labute approximate surface area is 180 Å². The summed E-state index contributed by atoms with van der Waals surface area (Å²) in [5.41, 5.74) is 2.19. The van der Waals surface area contributed by atoms with E-state index in [1.807, 2.05) is 37.3 Å². The second-order valence-corrected chi connectivity index (χ2v) is 6.81. The number of carbonyl (C=O) groups is 2. The molecular formula is C25H22N2O4. The molecule has 1 heterocycles. The van der Waals surface area contributed by atoms with Crippen LogP contribution in [0.25, 0.3) is 5.57 Å². The molecule has 3 aromatic carbocycles. The number of imide groups is 1. The van der Waals surface area contributed by atoms with Crippen LogP contribution < -0.4 is 19.7 Å². The fourth-order valence-electron chi connectivity index (χ4n) is 3.50. The van der Waals surface area contributed by atoms with Gasteiger partial charge in [-0.25, -0.2) is 4.90 Å². The molecule has 0 spiro atoms. The van der Waals surface area contributed by atoms with E-state index in [0.29, 0.717) is 29.3 Å². The fraction of sp³-hybridized carbons (Fsp3) is 0.120. The van der Waals surface area contributed by atoms with E-state index < -0.39 is 11.8 Å². The van der Waals surface area contributed by atoms with E-state index in [4.69, 9.17) is 9.47 Å². The third-order valence-corrected chi connectivity index (χ3v) is 4.91. The summed E-state index contributed by atoms with van der Waals surface area (Å²) in [6, 6.07) is 23.3. The van der Waals surface area contributed by atoms with Crippen LogP contribution in [0.5, 0.6) is 11.5 Å². The molecule has 0 aliphatic carbocycles. The minimum absolute atomic E-state index is 0.197. The van der Waals surface area contributed by atoms with Crippen molar-refractivity contribution in [1.82, 2.24) is 0 Å². The van der Waals surface area contributed by atoms with Crippen LogP contribution in [0.4, 0.5) is 11.4 Å². The second-order valence-electron chi connectivity index (χ2n) is 6.81. The standard InChI is InChI=1S/C25H22N2O4/c1-3-31-19-15-13-17(14-16-19)26-23-22(20-11-7-8-12-21(20)30-2)24(28)27(25(23)29)18-9-5-4-6-10-18/h4-16,26H,3H2,1-2H3. The van der Waals surface area contributed by atoms with Crippen LogP contribution in [0.1, 0.15) is 12.5 Å². The Balaban J connectivity index is 1.80. The van der Waals surface area contributed by atoms with Crippen molar-refractivity contribution in [2.45, 2.75) is 6.92 Å². The molecule has 2 amide bonds. The Morgan fingerprint density at radius 1 is 0.839 bits per heavy atom. The first-order valence-corrected chi connectivity index (χ1v) is 9.95. The molecule has 4 rings (SSSR count). The Hall–Kier alpha value is -4.06. The van der Waals surface area contributed by atoms with E-state index in [2.05, 4.69) is 5.32 Å². The minimum atomic E-state index is -0.425. The molecule has 156 valence electrons. The molecule has 0 bridgehead atoms. The quantitative estimate of drug-likeness (QED) is 0.577. The summed E-state index contributed by atoms with van der Waals surface area (Å²) < 4.78 is 10.9. The lowest BCUT2D eigenvalue weighted by atomic mass is 10.0. The Kier molecular flexibility index (Phi) is 5.71. The molecule has 1 aliphatic rings. The molecule has 1 aliphatic heterocycles. The average Bonchev–Trinajstić information content (AvgIpc) is 3.05. The number of ether oxygens (including phenoxy) is 2. The summed E-state index contributed by atoms with van der Waals surface area (Å²) >= 11 is 0. The predicted octanol–water partition coefficient (Wildman–Crippen LogP) is 4.49. The third kappa shape index (κ3) is 3.88. The monoisotopic (exact) mass is 414 g/mol. The maximum atomic E-state index is 13.5. The molecule has 0 unspecified atom stereocenters. The van der Waals surface area contributed by atoms with Gasteiger partial charge in [0.1, 0.15) is 17.2 Å². The number of para-hydroxylation sites is 2. The molecule has 0 saturated heterocycles. The molecule has 0 saturated carbocycles. The van der Waals surface area contributed by atoms with Crippen LogP contribution in [0.2, 0.25) is 0 Å². The normalized spacial score (nSPS) is 13.5. The summed E-state index contributed by atoms with van der Waals surface area (Å²) in [7, 11) is 1.54. The maximum Gasteiger partial charge on any atom is 0.282 e. The molecule has 1 N–H and O–H groups in total. The number of carbonyl (C=O) groups excluding carboxylic acids is 2. The Morgan fingerprint density at radius 3 is 2.19 bits per heavy atom. The van der Waals surface area contributed by atoms with Crippen LogP contribution in [-0.4, -0.2) is 25.5 Å². The van der Waals surface area contributed by atoms with Crippen LogP contribution in [0.15, 0.2) is 84.6 Å². The van der Waals surface area contributed by atoms with Crippen LogP contribution in [0, 0.1) is 0 Å². The van der Waals surface area contributed by atoms with Gasteiger partial charge >= 0.3 is 0 Å². The zero-order valence-corrected chi connectivity index (χ0v) is 17.3. The Bertz CT molecular complexity index is 1140. The third-order valence-electron chi connectivity index (χ3n) is 4.91. The maximum absolute atomic E-state index is 13.5. The highest BCUT2D eigenvalue weighted by atomic mass is 16.5. The first-order valence-electron chi connectivity index (χ1n) is 9.95. The van der Waals surface area contributed by atoms with Crippen molar-refractivity contribution in [1.29, 1.82) is 0 Å². The summed E-state index contributed by atoms with van der Waals surface area (Å²) in [4.78, 5) is 28.0. The SMILES string of the molecule is CCOc1ccc(NC2=C(c3ccccc3OC)C(=O)N(c3ccccc3)C2=O)cc1. The van der Waals surface area contributed by atoms with Gasteiger partial charge in [0.05, 0.1) is 25.0 Å². The van der Waals surface area contributed by atoms with Crippen LogP contribution in [0.3, 0.4) is 0 Å². The summed E-state index contributed by atoms with van der Waals surface area (Å²) in [6.07, 6.45) is 0. The van der Waals surface area contributed by atoms with E-state index >= 15 is 0 Å². The van der Waals surface area contributed by atoms with Crippen molar-refractivity contribution in [3.05, 3.63) is 90.1 Å². The smallest absolute Gasteiger partial charge is 0.282 e. The van der Waals surface area contributed by atoms with Crippen molar-refractivity contribution >= 4 is 28.8 Å². The molecule has 0 fully saturated rings. The fourth-order valence-corrected chi connectivity index (χ4v) is 3.50. The number of hydrogen-bond donors (Lipinski definition) is 1. The van der Waals surface area contributed by atoms with Gasteiger partial charge in [-0.15, -0.1) is 0 Å². The molecule has 6 nitrogen and oxygen atoms in total. The number of nitrogens with zero attached hydrogens (tertiary/aromatic N) is 1. The lowest BCUT2D eigenvalue weighted by Gasteiger charge is -2.15. The number of hydrogen-bond acceptors (Lipinski definition) is 5. The van der Waals surface area contributed by atoms with E-state index in [1.165, 1.54) is 12.0 Å². The van der Waals surface area contributed by atoms with Crippen molar-refractivity contribution in [3.63, 3.8) is 0 Å². The number of methoxy groups -OCH3 is 1. The first-order chi connectivity index (χ1) is 15.1. The molecule has 6 heteroatoms. The van der Waals surface area contributed by atoms with Gasteiger partial charge in [0.15, 0.2) is 0 Å². The van der Waals surface area contributed by atoms with E-state index in [-0.39, 0.29) is 11.3 Å². The number of anilines is 2. The number of benzene rings is 3. The highest BCUT2D eigenvalue weighted by molar-refractivity contribution is 6.46. The van der Waals surface area contributed by atoms with Crippen LogP contribution >= 0.6 is 0 Å². The van der Waals surface area contributed by atoms with Crippen molar-refractivity contribution < 1.29 is 19.1 Å². The van der Waals surface area contributed by atoms with Crippen molar-refractivity contribution in [2.75, 3.05) is 23.9 Å². The average molecular weight is 414 g/mol. The largest absolute Gasteiger partial charge is 0.496 e. The minimum Gasteiger partial charge on any atom is -0.496 e. The van der Waals surface area contributed by atoms with Gasteiger partial charge in [-0.3, -0.25) is 9.59 Å². The van der Waals surface area contributed by atoms with Crippen LogP contribution in [-0.2, 0) is 9.59 Å². The van der Waals surface area contributed by atoms with Gasteiger partial charge in [-0.2, -0.15) is 0 Å². The topological polar surface area (TPSA) is 67.9 Å². The summed E-state index contributed by atoms with van der Waals surface area (Å²) in [5.74, 6) is 0.409. The van der Waals surface area contributed by atoms with E-state index in [1.54, 1.807) is 48.5 Å². The molecule has 0 atom stereocenters. The van der Waals surface area contributed by atoms with Gasteiger partial charge in [0, 0.05) is 11.3 Å². The Morgan fingerprint density at radius 2 is 1.52 bits per heavy atom. The lowest BCUT2D eigenvalue weighted by Crippen LogP contribution is -2.32. The van der Waals surface area contributed by atoms with Gasteiger partial charge in [-0.05, 0) is 49.4 Å². The molecular weight excluding hydrogens is 392 g/mol. The van der Waals surface area contributed by atoms with Crippen molar-refractivity contribution in [2.24, 2.45) is 0 Å². The summed E-state index contributed by atoms with van der Waals surface area (Å²) in [5, 5.41) is 3.15. The molecule has 0 aromatic heterocycles. The van der Waals surface area contributed by atoms with Crippen molar-refractivity contribution in [3.8, 4) is 11.5 Å². The van der Waals surface area contributed by atoms with E-state index in [0.717, 1.165) is 5.75 Å². The van der Waals surface area contributed by atoms with Gasteiger partial charge in [0.2, 0.25) is 0 Å². The zero-order chi connectivity index (χ0) is 21.8. The summed E-state index contributed by atoms with van der Waals surface area (Å²) in [6.45, 7) is 2.48. The lowest BCUT2D eigenvalue weighted by molar-refractivity contribution is -0.120. The van der Waals surface area contributed by atoms with E-state index in [9.17, 15) is 9.59 Å². The number of amides is 2. The highest BCUT2D eigenvalue weighted by Crippen LogP contribution is 2.37. The number of rotatable bonds is 7. The van der Waals surface area contributed by atoms with Gasteiger partial charge in [-0.1, -0.05) is 36.4 Å². The molecule has 3 aromatic rings. The zero-order valence-electron chi connectivity index (χ0n) is 17.3. The highest BCUT2D eigenvalue weighted by Gasteiger charge is 2.41. The second kappa shape index (κ2) is 8.75. The van der Waals surface area contributed by atoms with Gasteiger partial charge in [0.25, 0.3) is 11.8 Å². The first kappa shape index (κ1) is 20.2.